The molecule has 0 unspecified atom stereocenters. The Morgan fingerprint density at radius 1 is 1.16 bits per heavy atom. The maximum absolute atomic E-state index is 11.7. The van der Waals surface area contributed by atoms with Crippen molar-refractivity contribution in [1.29, 1.82) is 0 Å². The molecule has 0 aromatic heterocycles. The number of rotatable bonds is 8. The molecule has 104 valence electrons. The first kappa shape index (κ1) is 15.4. The van der Waals surface area contributed by atoms with Gasteiger partial charge in [-0.15, -0.1) is 0 Å². The van der Waals surface area contributed by atoms with Crippen molar-refractivity contribution in [3.8, 4) is 0 Å². The average molecular weight is 264 g/mol. The van der Waals surface area contributed by atoms with Crippen molar-refractivity contribution in [2.45, 2.75) is 26.4 Å². The minimum absolute atomic E-state index is 0.0264. The number of hydrogen-bond donors (Lipinski definition) is 0. The fourth-order valence-electron chi connectivity index (χ4n) is 1.59. The summed E-state index contributed by atoms with van der Waals surface area (Å²) in [6.07, 6.45) is 0.348. The Labute approximate surface area is 113 Å². The van der Waals surface area contributed by atoms with Crippen molar-refractivity contribution in [1.82, 2.24) is 0 Å². The number of benzene rings is 1. The highest BCUT2D eigenvalue weighted by atomic mass is 16.5. The van der Waals surface area contributed by atoms with Crippen LogP contribution in [0.2, 0.25) is 0 Å². The number of hydrogen-bond acceptors (Lipinski definition) is 4. The normalized spacial score (nSPS) is 11.9. The van der Waals surface area contributed by atoms with E-state index in [2.05, 4.69) is 4.74 Å². The van der Waals surface area contributed by atoms with Crippen LogP contribution in [0.1, 0.15) is 25.3 Å². The van der Waals surface area contributed by atoms with Crippen LogP contribution in [0, 0.1) is 5.92 Å². The molecule has 19 heavy (non-hydrogen) atoms. The van der Waals surface area contributed by atoms with Gasteiger partial charge in [-0.2, -0.15) is 0 Å². The van der Waals surface area contributed by atoms with E-state index in [0.717, 1.165) is 5.56 Å². The Balaban J connectivity index is 2.21. The molecule has 0 saturated carbocycles. The third-order valence-electron chi connectivity index (χ3n) is 2.83. The van der Waals surface area contributed by atoms with Gasteiger partial charge in [0.15, 0.2) is 0 Å². The van der Waals surface area contributed by atoms with Gasteiger partial charge < -0.3 is 9.47 Å². The number of carbonyl (C=O) groups is 2. The fraction of sp³-hybridized carbons (Fsp3) is 0.467. The molecular weight excluding hydrogens is 244 g/mol. The molecule has 0 aliphatic heterocycles. The summed E-state index contributed by atoms with van der Waals surface area (Å²) in [5.74, 6) is -0.530. The second-order valence-corrected chi connectivity index (χ2v) is 4.44. The molecule has 1 aromatic rings. The molecule has 0 radical (unpaired) electrons. The second kappa shape index (κ2) is 8.43. The van der Waals surface area contributed by atoms with Gasteiger partial charge in [0.25, 0.3) is 0 Å². The van der Waals surface area contributed by atoms with E-state index in [1.165, 1.54) is 7.11 Å². The van der Waals surface area contributed by atoms with Crippen molar-refractivity contribution in [2.75, 3.05) is 13.7 Å². The summed E-state index contributed by atoms with van der Waals surface area (Å²) >= 11 is 0. The molecule has 0 aliphatic carbocycles. The highest BCUT2D eigenvalue weighted by molar-refractivity contribution is 5.84. The minimum Gasteiger partial charge on any atom is -0.469 e. The number of methoxy groups -OCH3 is 1. The number of carbonyl (C=O) groups excluding carboxylic acids is 2. The van der Waals surface area contributed by atoms with E-state index in [1.54, 1.807) is 0 Å². The van der Waals surface area contributed by atoms with Crippen molar-refractivity contribution >= 4 is 11.8 Å². The van der Waals surface area contributed by atoms with E-state index >= 15 is 0 Å². The molecule has 1 atom stereocenters. The van der Waals surface area contributed by atoms with E-state index in [-0.39, 0.29) is 30.5 Å². The maximum atomic E-state index is 11.7. The predicted molar refractivity (Wildman–Crippen MR) is 71.5 cm³/mol. The first-order valence-corrected chi connectivity index (χ1v) is 6.34. The molecule has 0 spiro atoms. The standard InChI is InChI=1S/C15H20O4/c1-12(14(16)8-9-15(17)18-2)10-19-11-13-6-4-3-5-7-13/h3-7,12H,8-11H2,1-2H3/t12-/m0/s1. The molecule has 0 saturated heterocycles. The Morgan fingerprint density at radius 2 is 1.84 bits per heavy atom. The SMILES string of the molecule is COC(=O)CCC(=O)[C@@H](C)COCc1ccccc1. The lowest BCUT2D eigenvalue weighted by Gasteiger charge is -2.11. The van der Waals surface area contributed by atoms with E-state index in [0.29, 0.717) is 13.2 Å². The quantitative estimate of drug-likeness (QED) is 0.676. The molecule has 0 amide bonds. The van der Waals surface area contributed by atoms with Crippen molar-refractivity contribution in [2.24, 2.45) is 5.92 Å². The first-order chi connectivity index (χ1) is 9.13. The summed E-state index contributed by atoms with van der Waals surface area (Å²) in [7, 11) is 1.32. The Bertz CT molecular complexity index is 400. The highest BCUT2D eigenvalue weighted by Crippen LogP contribution is 2.07. The van der Waals surface area contributed by atoms with Crippen LogP contribution in [0.3, 0.4) is 0 Å². The highest BCUT2D eigenvalue weighted by Gasteiger charge is 2.14. The molecule has 1 aromatic carbocycles. The molecule has 0 N–H and O–H groups in total. The topological polar surface area (TPSA) is 52.6 Å². The van der Waals surface area contributed by atoms with Crippen LogP contribution in [0.5, 0.6) is 0 Å². The second-order valence-electron chi connectivity index (χ2n) is 4.44. The number of Topliss-reactive ketones (excluding diaryl/α,β-unsaturated/α-hetero) is 1. The maximum Gasteiger partial charge on any atom is 0.305 e. The molecule has 1 rings (SSSR count). The van der Waals surface area contributed by atoms with Crippen LogP contribution in [-0.2, 0) is 25.7 Å². The minimum atomic E-state index is -0.356. The molecule has 0 fully saturated rings. The molecule has 0 heterocycles. The van der Waals surface area contributed by atoms with Crippen LogP contribution in [0.25, 0.3) is 0 Å². The molecule has 4 nitrogen and oxygen atoms in total. The lowest BCUT2D eigenvalue weighted by molar-refractivity contribution is -0.142. The summed E-state index contributed by atoms with van der Waals surface area (Å²) in [6, 6.07) is 9.79. The third kappa shape index (κ3) is 6.15. The third-order valence-corrected chi connectivity index (χ3v) is 2.83. The van der Waals surface area contributed by atoms with Gasteiger partial charge in [-0.05, 0) is 5.56 Å². The first-order valence-electron chi connectivity index (χ1n) is 6.34. The summed E-state index contributed by atoms with van der Waals surface area (Å²) < 4.78 is 10.00. The molecule has 0 aliphatic rings. The van der Waals surface area contributed by atoms with Gasteiger partial charge in [-0.1, -0.05) is 37.3 Å². The molecular formula is C15H20O4. The number of ether oxygens (including phenoxy) is 2. The van der Waals surface area contributed by atoms with Crippen LogP contribution in [0.15, 0.2) is 30.3 Å². The van der Waals surface area contributed by atoms with Gasteiger partial charge in [-0.25, -0.2) is 0 Å². The van der Waals surface area contributed by atoms with E-state index in [4.69, 9.17) is 4.74 Å². The van der Waals surface area contributed by atoms with E-state index in [1.807, 2.05) is 37.3 Å². The zero-order chi connectivity index (χ0) is 14.1. The van der Waals surface area contributed by atoms with E-state index < -0.39 is 0 Å². The Kier molecular flexibility index (Phi) is 6.82. The van der Waals surface area contributed by atoms with Gasteiger partial charge in [0.2, 0.25) is 0 Å². The van der Waals surface area contributed by atoms with Gasteiger partial charge in [0.05, 0.1) is 26.7 Å². The summed E-state index contributed by atoms with van der Waals surface area (Å²) in [6.45, 7) is 2.68. The predicted octanol–water partition coefficient (Wildman–Crippen LogP) is 2.36. The molecule has 0 bridgehead atoms. The number of esters is 1. The van der Waals surface area contributed by atoms with Gasteiger partial charge in [0.1, 0.15) is 5.78 Å². The van der Waals surface area contributed by atoms with Crippen molar-refractivity contribution < 1.29 is 19.1 Å². The van der Waals surface area contributed by atoms with Crippen molar-refractivity contribution in [3.05, 3.63) is 35.9 Å². The smallest absolute Gasteiger partial charge is 0.305 e. The van der Waals surface area contributed by atoms with E-state index in [9.17, 15) is 9.59 Å². The molecule has 4 heteroatoms. The monoisotopic (exact) mass is 264 g/mol. The lowest BCUT2D eigenvalue weighted by atomic mass is 10.0. The van der Waals surface area contributed by atoms with Gasteiger partial charge in [0, 0.05) is 12.3 Å². The Morgan fingerprint density at radius 3 is 2.47 bits per heavy atom. The fourth-order valence-corrected chi connectivity index (χ4v) is 1.59. The largest absolute Gasteiger partial charge is 0.469 e. The average Bonchev–Trinajstić information content (AvgIpc) is 2.45. The van der Waals surface area contributed by atoms with Crippen LogP contribution < -0.4 is 0 Å². The van der Waals surface area contributed by atoms with Gasteiger partial charge in [-0.3, -0.25) is 9.59 Å². The van der Waals surface area contributed by atoms with Gasteiger partial charge >= 0.3 is 5.97 Å². The van der Waals surface area contributed by atoms with Crippen molar-refractivity contribution in [3.63, 3.8) is 0 Å². The Hall–Kier alpha value is -1.68. The zero-order valence-electron chi connectivity index (χ0n) is 11.4. The van der Waals surface area contributed by atoms with Crippen LogP contribution >= 0.6 is 0 Å². The zero-order valence-corrected chi connectivity index (χ0v) is 11.4. The summed E-state index contributed by atoms with van der Waals surface area (Å²) in [4.78, 5) is 22.7. The lowest BCUT2D eigenvalue weighted by Crippen LogP contribution is -2.18. The summed E-state index contributed by atoms with van der Waals surface area (Å²) in [5, 5.41) is 0. The van der Waals surface area contributed by atoms with Crippen LogP contribution in [0.4, 0.5) is 0 Å². The number of ketones is 1. The van der Waals surface area contributed by atoms with Crippen LogP contribution in [-0.4, -0.2) is 25.5 Å². The summed E-state index contributed by atoms with van der Waals surface area (Å²) in [5.41, 5.74) is 1.08.